The predicted octanol–water partition coefficient (Wildman–Crippen LogP) is 5.25. The van der Waals surface area contributed by atoms with Crippen LogP contribution < -0.4 is 4.74 Å². The van der Waals surface area contributed by atoms with E-state index >= 15 is 0 Å². The van der Waals surface area contributed by atoms with Crippen molar-refractivity contribution in [3.63, 3.8) is 0 Å². The Labute approximate surface area is 130 Å². The van der Waals surface area contributed by atoms with Gasteiger partial charge in [0.25, 0.3) is 0 Å². The summed E-state index contributed by atoms with van der Waals surface area (Å²) in [4.78, 5) is 0. The van der Waals surface area contributed by atoms with Gasteiger partial charge >= 0.3 is 0 Å². The first-order valence-corrected chi connectivity index (χ1v) is 7.54. The second-order valence-electron chi connectivity index (χ2n) is 5.83. The van der Waals surface area contributed by atoms with Gasteiger partial charge in [-0.15, -0.1) is 0 Å². The molecule has 1 heterocycles. The minimum Gasteiger partial charge on any atom is -0.484 e. The maximum absolute atomic E-state index is 13.7. The van der Waals surface area contributed by atoms with Gasteiger partial charge in [0.1, 0.15) is 6.61 Å². The maximum Gasteiger partial charge on any atom is 0.165 e. The van der Waals surface area contributed by atoms with Crippen molar-refractivity contribution in [1.82, 2.24) is 4.57 Å². The smallest absolute Gasteiger partial charge is 0.165 e. The number of hydrogen-bond donors (Lipinski definition) is 0. The molecule has 0 unspecified atom stereocenters. The van der Waals surface area contributed by atoms with E-state index in [4.69, 9.17) is 4.74 Å². The average Bonchev–Trinajstić information content (AvgIpc) is 2.86. The van der Waals surface area contributed by atoms with Crippen molar-refractivity contribution >= 4 is 10.9 Å². The number of para-hydroxylation sites is 2. The largest absolute Gasteiger partial charge is 0.484 e. The zero-order chi connectivity index (χ0) is 15.7. The molecule has 3 heteroatoms. The topological polar surface area (TPSA) is 14.2 Å². The van der Waals surface area contributed by atoms with Crippen LogP contribution in [0.3, 0.4) is 0 Å². The van der Waals surface area contributed by atoms with E-state index in [0.29, 0.717) is 18.4 Å². The van der Waals surface area contributed by atoms with Crippen molar-refractivity contribution in [1.29, 1.82) is 0 Å². The molecular formula is C19H20FNO. The molecule has 3 rings (SSSR count). The fourth-order valence-corrected chi connectivity index (χ4v) is 2.93. The fraction of sp³-hybridized carbons (Fsp3) is 0.263. The second kappa shape index (κ2) is 5.84. The maximum atomic E-state index is 13.7. The lowest BCUT2D eigenvalue weighted by atomic mass is 10.1. The minimum absolute atomic E-state index is 0.291. The van der Waals surface area contributed by atoms with Crippen molar-refractivity contribution in [2.75, 3.05) is 0 Å². The third-order valence-electron chi connectivity index (χ3n) is 3.87. The van der Waals surface area contributed by atoms with Gasteiger partial charge in [0.05, 0.1) is 11.2 Å². The van der Waals surface area contributed by atoms with Crippen LogP contribution in [-0.2, 0) is 6.61 Å². The number of hydrogen-bond acceptors (Lipinski definition) is 1. The van der Waals surface area contributed by atoms with Gasteiger partial charge in [-0.25, -0.2) is 4.39 Å². The summed E-state index contributed by atoms with van der Waals surface area (Å²) in [5, 5.41) is 1.20. The molecule has 0 aliphatic rings. The van der Waals surface area contributed by atoms with Gasteiger partial charge in [0.2, 0.25) is 0 Å². The number of aromatic nitrogens is 1. The normalized spacial score (nSPS) is 11.3. The molecule has 0 atom stereocenters. The number of nitrogens with zero attached hydrogens (tertiary/aromatic N) is 1. The number of aryl methyl sites for hydroxylation is 1. The molecule has 0 aliphatic heterocycles. The van der Waals surface area contributed by atoms with Crippen LogP contribution in [0.15, 0.2) is 48.5 Å². The quantitative estimate of drug-likeness (QED) is 0.641. The van der Waals surface area contributed by atoms with Gasteiger partial charge < -0.3 is 9.30 Å². The van der Waals surface area contributed by atoms with Crippen LogP contribution in [-0.4, -0.2) is 4.57 Å². The van der Waals surface area contributed by atoms with Crippen LogP contribution in [0.4, 0.5) is 4.39 Å². The van der Waals surface area contributed by atoms with Gasteiger partial charge in [0, 0.05) is 11.4 Å². The lowest BCUT2D eigenvalue weighted by molar-refractivity contribution is 0.279. The van der Waals surface area contributed by atoms with Gasteiger partial charge in [-0.3, -0.25) is 0 Å². The van der Waals surface area contributed by atoms with E-state index < -0.39 is 0 Å². The molecule has 2 aromatic carbocycles. The molecule has 0 fully saturated rings. The van der Waals surface area contributed by atoms with Crippen LogP contribution in [0.2, 0.25) is 0 Å². The molecule has 22 heavy (non-hydrogen) atoms. The molecule has 0 aliphatic carbocycles. The molecule has 0 N–H and O–H groups in total. The van der Waals surface area contributed by atoms with Gasteiger partial charge in [-0.2, -0.15) is 0 Å². The summed E-state index contributed by atoms with van der Waals surface area (Å²) in [6.45, 7) is 6.77. The van der Waals surface area contributed by atoms with Crippen LogP contribution >= 0.6 is 0 Å². The number of fused-ring (bicyclic) bond motifs is 1. The van der Waals surface area contributed by atoms with Gasteiger partial charge in [-0.05, 0) is 44.5 Å². The van der Waals surface area contributed by atoms with E-state index in [2.05, 4.69) is 49.6 Å². The zero-order valence-corrected chi connectivity index (χ0v) is 13.1. The molecule has 0 bridgehead atoms. The number of benzene rings is 2. The zero-order valence-electron chi connectivity index (χ0n) is 13.1. The molecule has 1 aromatic heterocycles. The first-order valence-electron chi connectivity index (χ1n) is 7.54. The van der Waals surface area contributed by atoms with E-state index in [9.17, 15) is 4.39 Å². The molecule has 0 spiro atoms. The van der Waals surface area contributed by atoms with E-state index in [0.717, 1.165) is 5.69 Å². The Morgan fingerprint density at radius 1 is 1.09 bits per heavy atom. The highest BCUT2D eigenvalue weighted by Crippen LogP contribution is 2.28. The SMILES string of the molecule is Cc1cccc2cc(COc3ccccc3F)n(C(C)C)c12. The van der Waals surface area contributed by atoms with E-state index in [1.54, 1.807) is 18.2 Å². The summed E-state index contributed by atoms with van der Waals surface area (Å²) in [6.07, 6.45) is 0. The molecule has 0 saturated carbocycles. The summed E-state index contributed by atoms with van der Waals surface area (Å²) in [5.41, 5.74) is 3.52. The summed E-state index contributed by atoms with van der Waals surface area (Å²) in [6, 6.07) is 15.2. The monoisotopic (exact) mass is 297 g/mol. The number of halogens is 1. The van der Waals surface area contributed by atoms with Gasteiger partial charge in [0.15, 0.2) is 11.6 Å². The second-order valence-corrected chi connectivity index (χ2v) is 5.83. The third kappa shape index (κ3) is 2.59. The van der Waals surface area contributed by atoms with Crippen LogP contribution in [0.25, 0.3) is 10.9 Å². The summed E-state index contributed by atoms with van der Waals surface area (Å²) < 4.78 is 21.6. The van der Waals surface area contributed by atoms with Crippen molar-refractivity contribution in [2.45, 2.75) is 33.4 Å². The molecule has 2 nitrogen and oxygen atoms in total. The van der Waals surface area contributed by atoms with E-state index in [1.807, 2.05) is 0 Å². The Morgan fingerprint density at radius 3 is 2.59 bits per heavy atom. The lowest BCUT2D eigenvalue weighted by Crippen LogP contribution is -2.09. The van der Waals surface area contributed by atoms with E-state index in [-0.39, 0.29) is 5.82 Å². The number of ether oxygens (including phenoxy) is 1. The van der Waals surface area contributed by atoms with E-state index in [1.165, 1.54) is 22.5 Å². The highest BCUT2D eigenvalue weighted by molar-refractivity contribution is 5.84. The summed E-state index contributed by atoms with van der Waals surface area (Å²) >= 11 is 0. The Morgan fingerprint density at radius 2 is 1.86 bits per heavy atom. The molecule has 3 aromatic rings. The Bertz CT molecular complexity index is 804. The first kappa shape index (κ1) is 14.6. The molecule has 0 saturated heterocycles. The van der Waals surface area contributed by atoms with Crippen LogP contribution in [0.5, 0.6) is 5.75 Å². The Balaban J connectivity index is 1.99. The van der Waals surface area contributed by atoms with Gasteiger partial charge in [-0.1, -0.05) is 30.3 Å². The minimum atomic E-state index is -0.328. The Hall–Kier alpha value is -2.29. The fourth-order valence-electron chi connectivity index (χ4n) is 2.93. The lowest BCUT2D eigenvalue weighted by Gasteiger charge is -2.16. The third-order valence-corrected chi connectivity index (χ3v) is 3.87. The number of rotatable bonds is 4. The van der Waals surface area contributed by atoms with Crippen molar-refractivity contribution < 1.29 is 9.13 Å². The summed E-state index contributed by atoms with van der Waals surface area (Å²) in [7, 11) is 0. The molecule has 114 valence electrons. The molecular weight excluding hydrogens is 277 g/mol. The highest BCUT2D eigenvalue weighted by atomic mass is 19.1. The predicted molar refractivity (Wildman–Crippen MR) is 87.8 cm³/mol. The Kier molecular flexibility index (Phi) is 3.88. The standard InChI is InChI=1S/C19H20FNO/c1-13(2)21-16(11-15-8-6-7-14(3)19(15)21)12-22-18-10-5-4-9-17(18)20/h4-11,13H,12H2,1-3H3. The van der Waals surface area contributed by atoms with Crippen LogP contribution in [0, 0.1) is 12.7 Å². The van der Waals surface area contributed by atoms with Crippen molar-refractivity contribution in [2.24, 2.45) is 0 Å². The van der Waals surface area contributed by atoms with Crippen molar-refractivity contribution in [3.8, 4) is 5.75 Å². The molecule has 0 radical (unpaired) electrons. The highest BCUT2D eigenvalue weighted by Gasteiger charge is 2.14. The first-order chi connectivity index (χ1) is 10.6. The average molecular weight is 297 g/mol. The van der Waals surface area contributed by atoms with Crippen LogP contribution in [0.1, 0.15) is 31.1 Å². The van der Waals surface area contributed by atoms with Crippen molar-refractivity contribution in [3.05, 3.63) is 65.6 Å². The molecule has 0 amide bonds. The summed E-state index contributed by atoms with van der Waals surface area (Å²) in [5.74, 6) is -0.0364.